The van der Waals surface area contributed by atoms with E-state index >= 15 is 0 Å². The van der Waals surface area contributed by atoms with Crippen LogP contribution >= 0.6 is 35.3 Å². The highest BCUT2D eigenvalue weighted by molar-refractivity contribution is 8.01. The second kappa shape index (κ2) is 8.23. The lowest BCUT2D eigenvalue weighted by atomic mass is 9.75. The number of rotatable bonds is 4. The number of carbonyl (C=O) groups is 1. The van der Waals surface area contributed by atoms with Crippen molar-refractivity contribution < 1.29 is 4.79 Å². The summed E-state index contributed by atoms with van der Waals surface area (Å²) in [7, 11) is 0. The summed E-state index contributed by atoms with van der Waals surface area (Å²) in [6.07, 6.45) is 6.55. The number of hydrogen-bond acceptors (Lipinski definition) is 5. The fourth-order valence-electron chi connectivity index (χ4n) is 4.09. The number of benzene rings is 1. The maximum Gasteiger partial charge on any atom is 0.233 e. The zero-order valence-corrected chi connectivity index (χ0v) is 17.1. The predicted molar refractivity (Wildman–Crippen MR) is 110 cm³/mol. The Balaban J connectivity index is 1.35. The fourth-order valence-corrected chi connectivity index (χ4v) is 6.36. The molecule has 1 aliphatic carbocycles. The first kappa shape index (κ1) is 18.2. The highest BCUT2D eigenvalue weighted by Gasteiger charge is 2.32. The Bertz CT molecular complexity index is 817. The van der Waals surface area contributed by atoms with Gasteiger partial charge in [-0.3, -0.25) is 4.79 Å². The van der Waals surface area contributed by atoms with Crippen molar-refractivity contribution in [2.75, 3.05) is 18.8 Å². The van der Waals surface area contributed by atoms with Crippen LogP contribution in [0.4, 0.5) is 0 Å². The number of piperidine rings is 1. The van der Waals surface area contributed by atoms with Gasteiger partial charge in [0.1, 0.15) is 0 Å². The lowest BCUT2D eigenvalue weighted by Gasteiger charge is -2.41. The van der Waals surface area contributed by atoms with Gasteiger partial charge in [-0.15, -0.1) is 5.10 Å². The Morgan fingerprint density at radius 3 is 2.77 bits per heavy atom. The molecule has 2 fully saturated rings. The average molecular weight is 406 g/mol. The van der Waals surface area contributed by atoms with E-state index in [1.807, 2.05) is 30.3 Å². The van der Waals surface area contributed by atoms with Crippen LogP contribution in [0.5, 0.6) is 0 Å². The third-order valence-corrected chi connectivity index (χ3v) is 7.84. The third kappa shape index (κ3) is 4.05. The van der Waals surface area contributed by atoms with Gasteiger partial charge in [-0.25, -0.2) is 4.68 Å². The predicted octanol–water partition coefficient (Wildman–Crippen LogP) is 4.79. The van der Waals surface area contributed by atoms with Gasteiger partial charge >= 0.3 is 0 Å². The number of fused-ring (bicyclic) bond motifs is 1. The molecule has 0 bridgehead atoms. The molecule has 2 heterocycles. The largest absolute Gasteiger partial charge is 0.342 e. The standard InChI is InChI=1S/C19H23N3OS3/c23-17(21-11-10-14-6-4-5-7-15(14)12-21)13-25-18-20-22(19(24)26-18)16-8-2-1-3-9-16/h1-3,8-9,14-15H,4-7,10-13H2. The van der Waals surface area contributed by atoms with Gasteiger partial charge in [0.15, 0.2) is 8.29 Å². The van der Waals surface area contributed by atoms with Crippen molar-refractivity contribution in [3.05, 3.63) is 34.3 Å². The molecule has 0 N–H and O–H groups in total. The van der Waals surface area contributed by atoms with Gasteiger partial charge < -0.3 is 4.90 Å². The molecule has 4 nitrogen and oxygen atoms in total. The molecule has 1 amide bonds. The molecule has 7 heteroatoms. The summed E-state index contributed by atoms with van der Waals surface area (Å²) in [6, 6.07) is 9.90. The van der Waals surface area contributed by atoms with E-state index in [1.54, 1.807) is 4.68 Å². The fraction of sp³-hybridized carbons (Fsp3) is 0.526. The Labute approximate surface area is 167 Å². The molecule has 138 valence electrons. The Morgan fingerprint density at radius 2 is 1.96 bits per heavy atom. The van der Waals surface area contributed by atoms with E-state index in [9.17, 15) is 4.79 Å². The number of hydrogen-bond donors (Lipinski definition) is 0. The van der Waals surface area contributed by atoms with Gasteiger partial charge in [0.2, 0.25) is 5.91 Å². The van der Waals surface area contributed by atoms with Crippen molar-refractivity contribution in [1.29, 1.82) is 0 Å². The van der Waals surface area contributed by atoms with E-state index in [-0.39, 0.29) is 5.91 Å². The number of carbonyl (C=O) groups excluding carboxylic acids is 1. The molecule has 2 aliphatic rings. The van der Waals surface area contributed by atoms with Crippen molar-refractivity contribution in [3.8, 4) is 5.69 Å². The summed E-state index contributed by atoms with van der Waals surface area (Å²) in [5.74, 6) is 2.28. The van der Waals surface area contributed by atoms with Gasteiger partial charge in [-0.2, -0.15) is 0 Å². The topological polar surface area (TPSA) is 38.1 Å². The van der Waals surface area contributed by atoms with Crippen LogP contribution in [-0.2, 0) is 4.79 Å². The van der Waals surface area contributed by atoms with Gasteiger partial charge in [0, 0.05) is 13.1 Å². The molecule has 2 aromatic rings. The summed E-state index contributed by atoms with van der Waals surface area (Å²) in [4.78, 5) is 14.7. The van der Waals surface area contributed by atoms with E-state index in [1.165, 1.54) is 55.2 Å². The highest BCUT2D eigenvalue weighted by atomic mass is 32.2. The number of likely N-dealkylation sites (tertiary alicyclic amines) is 1. The quantitative estimate of drug-likeness (QED) is 0.541. The Morgan fingerprint density at radius 1 is 1.19 bits per heavy atom. The van der Waals surface area contributed by atoms with Gasteiger partial charge in [-0.1, -0.05) is 60.6 Å². The molecule has 1 saturated carbocycles. The third-order valence-electron chi connectivity index (χ3n) is 5.49. The number of thioether (sulfide) groups is 1. The van der Waals surface area contributed by atoms with Crippen molar-refractivity contribution in [1.82, 2.24) is 14.7 Å². The van der Waals surface area contributed by atoms with E-state index in [4.69, 9.17) is 12.2 Å². The minimum absolute atomic E-state index is 0.242. The molecule has 0 spiro atoms. The molecule has 1 aliphatic heterocycles. The van der Waals surface area contributed by atoms with Crippen LogP contribution in [0.1, 0.15) is 32.1 Å². The zero-order valence-electron chi connectivity index (χ0n) is 14.7. The lowest BCUT2D eigenvalue weighted by molar-refractivity contribution is -0.131. The van der Waals surface area contributed by atoms with E-state index in [0.29, 0.717) is 9.71 Å². The molecule has 1 aromatic carbocycles. The summed E-state index contributed by atoms with van der Waals surface area (Å²) in [5.41, 5.74) is 0.964. The molecule has 2 unspecified atom stereocenters. The summed E-state index contributed by atoms with van der Waals surface area (Å²) < 4.78 is 3.36. The average Bonchev–Trinajstić information content (AvgIpc) is 3.07. The van der Waals surface area contributed by atoms with Crippen LogP contribution in [0, 0.1) is 15.8 Å². The highest BCUT2D eigenvalue weighted by Crippen LogP contribution is 2.36. The van der Waals surface area contributed by atoms with Crippen molar-refractivity contribution in [2.24, 2.45) is 11.8 Å². The maximum atomic E-state index is 12.7. The molecular formula is C19H23N3OS3. The molecular weight excluding hydrogens is 382 g/mol. The molecule has 4 rings (SSSR count). The minimum Gasteiger partial charge on any atom is -0.342 e. The zero-order chi connectivity index (χ0) is 17.9. The maximum absolute atomic E-state index is 12.7. The van der Waals surface area contributed by atoms with Crippen LogP contribution in [0.3, 0.4) is 0 Å². The smallest absolute Gasteiger partial charge is 0.233 e. The summed E-state index contributed by atoms with van der Waals surface area (Å²) >= 11 is 8.42. The first-order valence-electron chi connectivity index (χ1n) is 9.27. The second-order valence-electron chi connectivity index (χ2n) is 7.10. The first-order valence-corrected chi connectivity index (χ1v) is 11.5. The van der Waals surface area contributed by atoms with Crippen molar-refractivity contribution in [3.63, 3.8) is 0 Å². The van der Waals surface area contributed by atoms with Crippen molar-refractivity contribution >= 4 is 41.2 Å². The molecule has 0 radical (unpaired) electrons. The van der Waals surface area contributed by atoms with Crippen LogP contribution in [0.25, 0.3) is 5.69 Å². The molecule has 1 saturated heterocycles. The minimum atomic E-state index is 0.242. The van der Waals surface area contributed by atoms with Gasteiger partial charge in [-0.05, 0) is 49.0 Å². The van der Waals surface area contributed by atoms with Crippen LogP contribution < -0.4 is 0 Å². The van der Waals surface area contributed by atoms with Crippen LogP contribution in [-0.4, -0.2) is 39.4 Å². The first-order chi connectivity index (χ1) is 12.7. The summed E-state index contributed by atoms with van der Waals surface area (Å²) in [6.45, 7) is 1.88. The number of para-hydroxylation sites is 1. The van der Waals surface area contributed by atoms with E-state index < -0.39 is 0 Å². The number of aromatic nitrogens is 2. The summed E-state index contributed by atoms with van der Waals surface area (Å²) in [5, 5.41) is 4.59. The monoisotopic (exact) mass is 405 g/mol. The van der Waals surface area contributed by atoms with Crippen LogP contribution in [0.15, 0.2) is 34.7 Å². The van der Waals surface area contributed by atoms with Gasteiger partial charge in [0.05, 0.1) is 11.4 Å². The van der Waals surface area contributed by atoms with Crippen LogP contribution in [0.2, 0.25) is 0 Å². The molecule has 26 heavy (non-hydrogen) atoms. The van der Waals surface area contributed by atoms with Gasteiger partial charge in [0.25, 0.3) is 0 Å². The van der Waals surface area contributed by atoms with Crippen molar-refractivity contribution in [2.45, 2.75) is 36.4 Å². The lowest BCUT2D eigenvalue weighted by Crippen LogP contribution is -2.45. The normalized spacial score (nSPS) is 22.8. The molecule has 1 aromatic heterocycles. The number of amides is 1. The second-order valence-corrected chi connectivity index (χ2v) is 9.95. The number of nitrogens with zero attached hydrogens (tertiary/aromatic N) is 3. The molecule has 2 atom stereocenters. The van der Waals surface area contributed by atoms with E-state index in [0.717, 1.165) is 35.0 Å². The Kier molecular flexibility index (Phi) is 5.76. The SMILES string of the molecule is O=C(CSc1nn(-c2ccccc2)c(=S)s1)N1CCC2CCCCC2C1. The van der Waals surface area contributed by atoms with E-state index in [2.05, 4.69) is 10.00 Å². The Hall–Kier alpha value is -1.18.